The van der Waals surface area contributed by atoms with E-state index in [-0.39, 0.29) is 5.78 Å². The maximum absolute atomic E-state index is 12.5. The lowest BCUT2D eigenvalue weighted by Gasteiger charge is -2.20. The number of hydrogen-bond acceptors (Lipinski definition) is 4. The smallest absolute Gasteiger partial charge is 0.176 e. The van der Waals surface area contributed by atoms with Crippen LogP contribution in [0.5, 0.6) is 11.5 Å². The molecule has 0 radical (unpaired) electrons. The Kier molecular flexibility index (Phi) is 8.60. The van der Waals surface area contributed by atoms with Gasteiger partial charge in [0, 0.05) is 5.56 Å². The number of Topliss-reactive ketones (excluding diaryl/α,β-unsaturated/α-hetero) is 1. The van der Waals surface area contributed by atoms with Gasteiger partial charge in [-0.05, 0) is 58.0 Å². The van der Waals surface area contributed by atoms with E-state index in [0.29, 0.717) is 36.8 Å². The van der Waals surface area contributed by atoms with Crippen LogP contribution < -0.4 is 9.47 Å². The minimum Gasteiger partial charge on any atom is -0.490 e. The summed E-state index contributed by atoms with van der Waals surface area (Å²) < 4.78 is 11.1. The molecule has 0 aliphatic heterocycles. The van der Waals surface area contributed by atoms with Crippen molar-refractivity contribution in [1.29, 1.82) is 0 Å². The molecule has 22 heavy (non-hydrogen) atoms. The van der Waals surface area contributed by atoms with E-state index in [1.807, 2.05) is 26.0 Å². The minimum atomic E-state index is 0.130. The monoisotopic (exact) mass is 307 g/mol. The summed E-state index contributed by atoms with van der Waals surface area (Å²) in [6, 6.07) is 5.45. The number of ketones is 1. The Hall–Kier alpha value is -1.55. The van der Waals surface area contributed by atoms with E-state index in [4.69, 9.17) is 9.47 Å². The fourth-order valence-corrected chi connectivity index (χ4v) is 2.42. The van der Waals surface area contributed by atoms with Crippen molar-refractivity contribution in [2.24, 2.45) is 0 Å². The van der Waals surface area contributed by atoms with Crippen LogP contribution in [0.4, 0.5) is 0 Å². The number of hydrogen-bond donors (Lipinski definition) is 0. The fraction of sp³-hybridized carbons (Fsp3) is 0.611. The molecule has 1 aromatic rings. The van der Waals surface area contributed by atoms with Crippen LogP contribution in [0.15, 0.2) is 18.2 Å². The predicted octanol–water partition coefficient (Wildman–Crippen LogP) is 3.79. The summed E-state index contributed by atoms with van der Waals surface area (Å²) >= 11 is 0. The van der Waals surface area contributed by atoms with Gasteiger partial charge in [-0.3, -0.25) is 9.69 Å². The van der Waals surface area contributed by atoms with E-state index in [1.54, 1.807) is 6.07 Å². The molecule has 0 aliphatic rings. The highest BCUT2D eigenvalue weighted by atomic mass is 16.5. The first kappa shape index (κ1) is 18.5. The number of nitrogens with zero attached hydrogens (tertiary/aromatic N) is 1. The van der Waals surface area contributed by atoms with Gasteiger partial charge < -0.3 is 9.47 Å². The number of carbonyl (C=O) groups excluding carboxylic acids is 1. The summed E-state index contributed by atoms with van der Waals surface area (Å²) in [6.07, 6.45) is 2.11. The van der Waals surface area contributed by atoms with Crippen LogP contribution in [-0.4, -0.2) is 43.5 Å². The van der Waals surface area contributed by atoms with Gasteiger partial charge >= 0.3 is 0 Å². The van der Waals surface area contributed by atoms with Crippen molar-refractivity contribution < 1.29 is 14.3 Å². The second-order valence-corrected chi connectivity index (χ2v) is 5.23. The molecule has 0 saturated heterocycles. The molecule has 1 aromatic carbocycles. The van der Waals surface area contributed by atoms with Crippen LogP contribution in [0.2, 0.25) is 0 Å². The summed E-state index contributed by atoms with van der Waals surface area (Å²) in [5.74, 6) is 1.47. The number of ether oxygens (including phenoxy) is 2. The maximum Gasteiger partial charge on any atom is 0.176 e. The van der Waals surface area contributed by atoms with Crippen molar-refractivity contribution >= 4 is 5.78 Å². The van der Waals surface area contributed by atoms with Gasteiger partial charge in [-0.2, -0.15) is 0 Å². The third-order valence-electron chi connectivity index (χ3n) is 3.31. The number of rotatable bonds is 11. The molecule has 4 heteroatoms. The van der Waals surface area contributed by atoms with E-state index in [2.05, 4.69) is 18.7 Å². The molecule has 0 atom stereocenters. The van der Waals surface area contributed by atoms with Crippen LogP contribution in [-0.2, 0) is 0 Å². The van der Waals surface area contributed by atoms with Crippen LogP contribution in [0, 0.1) is 0 Å². The minimum absolute atomic E-state index is 0.130. The van der Waals surface area contributed by atoms with Crippen LogP contribution in [0.1, 0.15) is 50.9 Å². The lowest BCUT2D eigenvalue weighted by Crippen LogP contribution is -2.31. The third kappa shape index (κ3) is 5.68. The molecule has 0 unspecified atom stereocenters. The molecule has 0 fully saturated rings. The van der Waals surface area contributed by atoms with Gasteiger partial charge in [0.1, 0.15) is 0 Å². The maximum atomic E-state index is 12.5. The zero-order chi connectivity index (χ0) is 16.4. The van der Waals surface area contributed by atoms with E-state index >= 15 is 0 Å². The average molecular weight is 307 g/mol. The van der Waals surface area contributed by atoms with Crippen LogP contribution >= 0.6 is 0 Å². The quantitative estimate of drug-likeness (QED) is 0.583. The summed E-state index contributed by atoms with van der Waals surface area (Å²) in [6.45, 7) is 11.6. The molecule has 4 nitrogen and oxygen atoms in total. The normalized spacial score (nSPS) is 10.8. The average Bonchev–Trinajstić information content (AvgIpc) is 2.50. The molecule has 0 aromatic heterocycles. The van der Waals surface area contributed by atoms with Gasteiger partial charge in [0.25, 0.3) is 0 Å². The Labute approximate surface area is 134 Å². The molecule has 0 heterocycles. The molecule has 0 N–H and O–H groups in total. The summed E-state index contributed by atoms with van der Waals surface area (Å²) in [7, 11) is 0. The highest BCUT2D eigenvalue weighted by Crippen LogP contribution is 2.28. The molecule has 0 spiro atoms. The lowest BCUT2D eigenvalue weighted by molar-refractivity contribution is 0.0930. The molecule has 124 valence electrons. The summed E-state index contributed by atoms with van der Waals surface area (Å²) in [5.41, 5.74) is 0.684. The molecule has 0 aliphatic carbocycles. The zero-order valence-electron chi connectivity index (χ0n) is 14.4. The highest BCUT2D eigenvalue weighted by molar-refractivity contribution is 5.98. The molecular weight excluding hydrogens is 278 g/mol. The Morgan fingerprint density at radius 2 is 1.55 bits per heavy atom. The first-order valence-corrected chi connectivity index (χ1v) is 8.31. The summed E-state index contributed by atoms with van der Waals surface area (Å²) in [4.78, 5) is 14.7. The van der Waals surface area contributed by atoms with E-state index in [1.165, 1.54) is 0 Å². The summed E-state index contributed by atoms with van der Waals surface area (Å²) in [5, 5.41) is 0. The van der Waals surface area contributed by atoms with Crippen LogP contribution in [0.25, 0.3) is 0 Å². The van der Waals surface area contributed by atoms with Crippen molar-refractivity contribution in [2.75, 3.05) is 32.8 Å². The van der Waals surface area contributed by atoms with Gasteiger partial charge in [0.15, 0.2) is 17.3 Å². The zero-order valence-corrected chi connectivity index (χ0v) is 14.4. The van der Waals surface area contributed by atoms with Gasteiger partial charge in [-0.25, -0.2) is 0 Å². The van der Waals surface area contributed by atoms with Crippen molar-refractivity contribution in [3.63, 3.8) is 0 Å². The Morgan fingerprint density at radius 3 is 2.09 bits per heavy atom. The lowest BCUT2D eigenvalue weighted by atomic mass is 10.1. The standard InChI is InChI=1S/C18H29NO3/c1-5-11-19(12-6-2)14-16(20)15-9-10-17(21-7-3)18(13-15)22-8-4/h9-10,13H,5-8,11-12,14H2,1-4H3. The van der Waals surface area contributed by atoms with Crippen molar-refractivity contribution in [1.82, 2.24) is 4.90 Å². The van der Waals surface area contributed by atoms with Gasteiger partial charge in [-0.1, -0.05) is 13.8 Å². The molecular formula is C18H29NO3. The second-order valence-electron chi connectivity index (χ2n) is 5.23. The molecule has 1 rings (SSSR count). The van der Waals surface area contributed by atoms with Crippen molar-refractivity contribution in [3.05, 3.63) is 23.8 Å². The number of carbonyl (C=O) groups is 1. The van der Waals surface area contributed by atoms with Gasteiger partial charge in [0.2, 0.25) is 0 Å². The Bertz CT molecular complexity index is 454. The van der Waals surface area contributed by atoms with E-state index < -0.39 is 0 Å². The topological polar surface area (TPSA) is 38.8 Å². The van der Waals surface area contributed by atoms with Crippen molar-refractivity contribution in [2.45, 2.75) is 40.5 Å². The highest BCUT2D eigenvalue weighted by Gasteiger charge is 2.14. The molecule has 0 saturated carbocycles. The van der Waals surface area contributed by atoms with Crippen molar-refractivity contribution in [3.8, 4) is 11.5 Å². The Morgan fingerprint density at radius 1 is 0.955 bits per heavy atom. The SMILES string of the molecule is CCCN(CCC)CC(=O)c1ccc(OCC)c(OCC)c1. The van der Waals surface area contributed by atoms with Crippen LogP contribution in [0.3, 0.4) is 0 Å². The fourth-order valence-electron chi connectivity index (χ4n) is 2.42. The number of benzene rings is 1. The largest absolute Gasteiger partial charge is 0.490 e. The van der Waals surface area contributed by atoms with E-state index in [0.717, 1.165) is 25.9 Å². The second kappa shape index (κ2) is 10.2. The van der Waals surface area contributed by atoms with Gasteiger partial charge in [-0.15, -0.1) is 0 Å². The van der Waals surface area contributed by atoms with E-state index in [9.17, 15) is 4.79 Å². The first-order chi connectivity index (χ1) is 10.7. The first-order valence-electron chi connectivity index (χ1n) is 8.31. The Balaban J connectivity index is 2.85. The predicted molar refractivity (Wildman–Crippen MR) is 90.1 cm³/mol. The molecule has 0 bridgehead atoms. The molecule has 0 amide bonds. The third-order valence-corrected chi connectivity index (χ3v) is 3.31. The van der Waals surface area contributed by atoms with Gasteiger partial charge in [0.05, 0.1) is 19.8 Å².